The first-order valence-corrected chi connectivity index (χ1v) is 5.01. The molecule has 0 aromatic carbocycles. The maximum Gasteiger partial charge on any atom is 0.0596 e. The Hall–Kier alpha value is -0.0800. The van der Waals surface area contributed by atoms with Crippen molar-refractivity contribution in [2.45, 2.75) is 38.2 Å². The second-order valence-corrected chi connectivity index (χ2v) is 4.92. The molecule has 0 aromatic heterocycles. The molecule has 0 saturated heterocycles. The van der Waals surface area contributed by atoms with Crippen molar-refractivity contribution in [3.8, 4) is 0 Å². The summed E-state index contributed by atoms with van der Waals surface area (Å²) in [7, 11) is 0. The van der Waals surface area contributed by atoms with Crippen LogP contribution in [-0.2, 0) is 0 Å². The molecule has 0 atom stereocenters. The van der Waals surface area contributed by atoms with Crippen molar-refractivity contribution in [3.63, 3.8) is 0 Å². The molecule has 70 valence electrons. The highest BCUT2D eigenvalue weighted by molar-refractivity contribution is 4.97. The van der Waals surface area contributed by atoms with Crippen LogP contribution in [0.5, 0.6) is 0 Å². The topological polar surface area (TPSA) is 51.7 Å². The molecule has 4 bridgehead atoms. The van der Waals surface area contributed by atoms with Gasteiger partial charge in [-0.05, 0) is 55.8 Å². The normalized spacial score (nSPS) is 55.2. The van der Waals surface area contributed by atoms with Crippen molar-refractivity contribution in [3.05, 3.63) is 0 Å². The van der Waals surface area contributed by atoms with Crippen molar-refractivity contribution >= 4 is 0 Å². The molecule has 2 heteroatoms. The van der Waals surface area contributed by atoms with E-state index in [4.69, 9.17) is 0 Å². The van der Waals surface area contributed by atoms with Crippen LogP contribution in [0.4, 0.5) is 0 Å². The highest BCUT2D eigenvalue weighted by atomic mass is 16.3. The third-order valence-electron chi connectivity index (χ3n) is 4.18. The maximum absolute atomic E-state index is 9.83. The van der Waals surface area contributed by atoms with Gasteiger partial charge in [-0.15, -0.1) is 0 Å². The first-order chi connectivity index (χ1) is 5.33. The SMILES string of the molecule is O.OC1C2CC3CC(C2)CC1C3. The first kappa shape index (κ1) is 8.52. The summed E-state index contributed by atoms with van der Waals surface area (Å²) in [5, 5.41) is 9.83. The van der Waals surface area contributed by atoms with Crippen LogP contribution in [0.1, 0.15) is 32.1 Å². The van der Waals surface area contributed by atoms with E-state index >= 15 is 0 Å². The minimum absolute atomic E-state index is 0. The predicted octanol–water partition coefficient (Wildman–Crippen LogP) is 0.979. The summed E-state index contributed by atoms with van der Waals surface area (Å²) in [6.45, 7) is 0. The summed E-state index contributed by atoms with van der Waals surface area (Å²) in [4.78, 5) is 0. The standard InChI is InChI=1S/C10H16O.H2O/c11-10-8-2-6-1-7(4-8)5-9(10)3-6;/h6-11H,1-5H2;1H2. The van der Waals surface area contributed by atoms with Gasteiger partial charge < -0.3 is 10.6 Å². The highest BCUT2D eigenvalue weighted by Crippen LogP contribution is 2.53. The fraction of sp³-hybridized carbons (Fsp3) is 1.00. The molecule has 12 heavy (non-hydrogen) atoms. The van der Waals surface area contributed by atoms with E-state index in [0.717, 1.165) is 11.8 Å². The van der Waals surface area contributed by atoms with E-state index in [1.54, 1.807) is 0 Å². The molecule has 0 amide bonds. The fourth-order valence-electron chi connectivity index (χ4n) is 3.90. The van der Waals surface area contributed by atoms with Crippen LogP contribution in [0.25, 0.3) is 0 Å². The van der Waals surface area contributed by atoms with Crippen molar-refractivity contribution < 1.29 is 10.6 Å². The molecule has 0 heterocycles. The Kier molecular flexibility index (Phi) is 1.92. The lowest BCUT2D eigenvalue weighted by atomic mass is 9.55. The minimum atomic E-state index is 0. The zero-order chi connectivity index (χ0) is 7.42. The number of hydrogen-bond acceptors (Lipinski definition) is 1. The third-order valence-corrected chi connectivity index (χ3v) is 4.18. The molecule has 0 unspecified atom stereocenters. The number of aliphatic hydroxyl groups is 1. The Morgan fingerprint density at radius 2 is 1.17 bits per heavy atom. The van der Waals surface area contributed by atoms with Crippen molar-refractivity contribution in [2.75, 3.05) is 0 Å². The van der Waals surface area contributed by atoms with Gasteiger partial charge in [0.2, 0.25) is 0 Å². The predicted molar refractivity (Wildman–Crippen MR) is 46.7 cm³/mol. The van der Waals surface area contributed by atoms with Gasteiger partial charge >= 0.3 is 0 Å². The van der Waals surface area contributed by atoms with Crippen LogP contribution in [0.3, 0.4) is 0 Å². The van der Waals surface area contributed by atoms with Crippen molar-refractivity contribution in [1.82, 2.24) is 0 Å². The molecule has 4 aliphatic carbocycles. The van der Waals surface area contributed by atoms with E-state index in [2.05, 4.69) is 0 Å². The third kappa shape index (κ3) is 1.01. The lowest BCUT2D eigenvalue weighted by molar-refractivity contribution is -0.0919. The zero-order valence-corrected chi connectivity index (χ0v) is 7.37. The molecule has 0 aromatic rings. The smallest absolute Gasteiger partial charge is 0.0596 e. The molecular formula is C10H18O2. The van der Waals surface area contributed by atoms with Gasteiger partial charge in [0.25, 0.3) is 0 Å². The van der Waals surface area contributed by atoms with Crippen molar-refractivity contribution in [2.24, 2.45) is 23.7 Å². The van der Waals surface area contributed by atoms with E-state index in [1.165, 1.54) is 32.1 Å². The van der Waals surface area contributed by atoms with Gasteiger partial charge in [0.05, 0.1) is 6.10 Å². The molecule has 0 radical (unpaired) electrons. The Morgan fingerprint density at radius 3 is 1.58 bits per heavy atom. The van der Waals surface area contributed by atoms with Crippen LogP contribution in [-0.4, -0.2) is 16.7 Å². The molecular weight excluding hydrogens is 152 g/mol. The highest BCUT2D eigenvalue weighted by Gasteiger charge is 2.47. The van der Waals surface area contributed by atoms with Gasteiger partial charge in [0.1, 0.15) is 0 Å². The Morgan fingerprint density at radius 1 is 0.750 bits per heavy atom. The van der Waals surface area contributed by atoms with Gasteiger partial charge in [-0.1, -0.05) is 0 Å². The zero-order valence-electron chi connectivity index (χ0n) is 7.37. The summed E-state index contributed by atoms with van der Waals surface area (Å²) < 4.78 is 0. The Balaban J connectivity index is 0.000000563. The van der Waals surface area contributed by atoms with E-state index < -0.39 is 0 Å². The molecule has 0 spiro atoms. The molecule has 4 fully saturated rings. The van der Waals surface area contributed by atoms with Crippen LogP contribution in [0, 0.1) is 23.7 Å². The van der Waals surface area contributed by atoms with Gasteiger partial charge in [0.15, 0.2) is 0 Å². The molecule has 0 aliphatic heterocycles. The quantitative estimate of drug-likeness (QED) is 0.579. The van der Waals surface area contributed by atoms with Crippen LogP contribution >= 0.6 is 0 Å². The second kappa shape index (κ2) is 2.71. The van der Waals surface area contributed by atoms with Gasteiger partial charge in [-0.2, -0.15) is 0 Å². The summed E-state index contributed by atoms with van der Waals surface area (Å²) in [6, 6.07) is 0. The van der Waals surface area contributed by atoms with Gasteiger partial charge in [0, 0.05) is 0 Å². The summed E-state index contributed by atoms with van der Waals surface area (Å²) in [6.07, 6.45) is 6.94. The van der Waals surface area contributed by atoms with Crippen molar-refractivity contribution in [1.29, 1.82) is 0 Å². The molecule has 4 saturated carbocycles. The molecule has 3 N–H and O–H groups in total. The number of aliphatic hydroxyl groups excluding tert-OH is 1. The monoisotopic (exact) mass is 170 g/mol. The second-order valence-electron chi connectivity index (χ2n) is 4.92. The van der Waals surface area contributed by atoms with Crippen LogP contribution < -0.4 is 0 Å². The van der Waals surface area contributed by atoms with E-state index in [-0.39, 0.29) is 11.6 Å². The van der Waals surface area contributed by atoms with Crippen LogP contribution in [0.15, 0.2) is 0 Å². The van der Waals surface area contributed by atoms with Gasteiger partial charge in [-0.3, -0.25) is 0 Å². The average molecular weight is 170 g/mol. The summed E-state index contributed by atoms with van der Waals surface area (Å²) in [5.41, 5.74) is 0. The Labute approximate surface area is 73.3 Å². The Bertz CT molecular complexity index is 151. The molecule has 4 aliphatic rings. The minimum Gasteiger partial charge on any atom is -0.412 e. The first-order valence-electron chi connectivity index (χ1n) is 5.01. The summed E-state index contributed by atoms with van der Waals surface area (Å²) in [5.74, 6) is 3.40. The van der Waals surface area contributed by atoms with E-state index in [9.17, 15) is 5.11 Å². The molecule has 2 nitrogen and oxygen atoms in total. The van der Waals surface area contributed by atoms with Gasteiger partial charge in [-0.25, -0.2) is 0 Å². The lowest BCUT2D eigenvalue weighted by Gasteiger charge is -2.52. The summed E-state index contributed by atoms with van der Waals surface area (Å²) >= 11 is 0. The lowest BCUT2D eigenvalue weighted by Crippen LogP contribution is -2.48. The molecule has 4 rings (SSSR count). The average Bonchev–Trinajstić information content (AvgIpc) is 1.98. The number of rotatable bonds is 0. The van der Waals surface area contributed by atoms with E-state index in [0.29, 0.717) is 11.8 Å². The largest absolute Gasteiger partial charge is 0.412 e. The van der Waals surface area contributed by atoms with E-state index in [1.807, 2.05) is 0 Å². The maximum atomic E-state index is 9.83. The van der Waals surface area contributed by atoms with Crippen LogP contribution in [0.2, 0.25) is 0 Å². The number of hydrogen-bond donors (Lipinski definition) is 1. The fourth-order valence-corrected chi connectivity index (χ4v) is 3.90.